The summed E-state index contributed by atoms with van der Waals surface area (Å²) in [6.07, 6.45) is 0. The van der Waals surface area contributed by atoms with E-state index in [1.165, 1.54) is 17.8 Å². The maximum absolute atomic E-state index is 13.9. The van der Waals surface area contributed by atoms with Crippen LogP contribution < -0.4 is 5.32 Å². The van der Waals surface area contributed by atoms with Gasteiger partial charge in [0.15, 0.2) is 0 Å². The first-order valence-electron chi connectivity index (χ1n) is 5.66. The SMILES string of the molecule is CNCc1ccc(Sc2ccc(Cl)c(Cl)c2)c(F)c1. The molecule has 0 saturated heterocycles. The van der Waals surface area contributed by atoms with E-state index in [2.05, 4.69) is 5.32 Å². The number of rotatable bonds is 4. The molecule has 0 spiro atoms. The molecule has 0 atom stereocenters. The normalized spacial score (nSPS) is 10.7. The summed E-state index contributed by atoms with van der Waals surface area (Å²) in [6.45, 7) is 0.647. The van der Waals surface area contributed by atoms with Crippen LogP contribution in [0.25, 0.3) is 0 Å². The van der Waals surface area contributed by atoms with Crippen LogP contribution in [0.15, 0.2) is 46.2 Å². The van der Waals surface area contributed by atoms with Gasteiger partial charge < -0.3 is 5.32 Å². The first-order valence-corrected chi connectivity index (χ1v) is 7.23. The van der Waals surface area contributed by atoms with Crippen molar-refractivity contribution in [3.05, 3.63) is 57.8 Å². The van der Waals surface area contributed by atoms with Crippen LogP contribution in [0, 0.1) is 5.82 Å². The van der Waals surface area contributed by atoms with Crippen LogP contribution in [0.2, 0.25) is 10.0 Å². The van der Waals surface area contributed by atoms with Gasteiger partial charge in [0.05, 0.1) is 10.0 Å². The zero-order valence-electron chi connectivity index (χ0n) is 10.2. The number of nitrogens with one attached hydrogen (secondary N) is 1. The third-order valence-electron chi connectivity index (χ3n) is 2.50. The van der Waals surface area contributed by atoms with Crippen molar-refractivity contribution in [2.24, 2.45) is 0 Å². The fourth-order valence-electron chi connectivity index (χ4n) is 1.61. The number of hydrogen-bond donors (Lipinski definition) is 1. The van der Waals surface area contributed by atoms with Gasteiger partial charge in [0.25, 0.3) is 0 Å². The molecule has 2 aromatic rings. The first-order chi connectivity index (χ1) is 9.10. The molecule has 0 heterocycles. The third kappa shape index (κ3) is 3.86. The number of hydrogen-bond acceptors (Lipinski definition) is 2. The summed E-state index contributed by atoms with van der Waals surface area (Å²) < 4.78 is 13.9. The summed E-state index contributed by atoms with van der Waals surface area (Å²) in [5.41, 5.74) is 0.915. The van der Waals surface area contributed by atoms with Crippen LogP contribution in [0.3, 0.4) is 0 Å². The lowest BCUT2D eigenvalue weighted by molar-refractivity contribution is 0.598. The molecule has 2 rings (SSSR count). The fraction of sp³-hybridized carbons (Fsp3) is 0.143. The van der Waals surface area contributed by atoms with E-state index in [-0.39, 0.29) is 5.82 Å². The Bertz CT molecular complexity index is 590. The van der Waals surface area contributed by atoms with E-state index in [4.69, 9.17) is 23.2 Å². The van der Waals surface area contributed by atoms with Gasteiger partial charge in [0.1, 0.15) is 5.82 Å². The lowest BCUT2D eigenvalue weighted by atomic mass is 10.2. The van der Waals surface area contributed by atoms with Gasteiger partial charge in [0.2, 0.25) is 0 Å². The Hall–Kier alpha value is -0.740. The van der Waals surface area contributed by atoms with Gasteiger partial charge in [-0.15, -0.1) is 0 Å². The Morgan fingerprint density at radius 2 is 1.89 bits per heavy atom. The van der Waals surface area contributed by atoms with Gasteiger partial charge in [-0.3, -0.25) is 0 Å². The van der Waals surface area contributed by atoms with E-state index >= 15 is 0 Å². The Morgan fingerprint density at radius 1 is 1.11 bits per heavy atom. The van der Waals surface area contributed by atoms with E-state index in [1.54, 1.807) is 18.2 Å². The summed E-state index contributed by atoms with van der Waals surface area (Å²) in [7, 11) is 1.83. The predicted molar refractivity (Wildman–Crippen MR) is 79.7 cm³/mol. The molecule has 0 aliphatic heterocycles. The standard InChI is InChI=1S/C14H12Cl2FNS/c1-18-8-9-2-5-14(13(17)6-9)19-10-3-4-11(15)12(16)7-10/h2-7,18H,8H2,1H3. The average molecular weight is 316 g/mol. The Balaban J connectivity index is 2.20. The minimum atomic E-state index is -0.233. The van der Waals surface area contributed by atoms with Crippen molar-refractivity contribution >= 4 is 35.0 Å². The maximum atomic E-state index is 13.9. The molecular weight excluding hydrogens is 304 g/mol. The highest BCUT2D eigenvalue weighted by Crippen LogP contribution is 2.34. The summed E-state index contributed by atoms with van der Waals surface area (Å²) in [5, 5.41) is 3.96. The Morgan fingerprint density at radius 3 is 2.53 bits per heavy atom. The Labute approximate surface area is 126 Å². The van der Waals surface area contributed by atoms with Crippen LogP contribution in [-0.4, -0.2) is 7.05 Å². The van der Waals surface area contributed by atoms with Crippen LogP contribution in [0.4, 0.5) is 4.39 Å². The summed E-state index contributed by atoms with van der Waals surface area (Å²) >= 11 is 13.1. The highest BCUT2D eigenvalue weighted by molar-refractivity contribution is 7.99. The van der Waals surface area contributed by atoms with E-state index < -0.39 is 0 Å². The maximum Gasteiger partial charge on any atom is 0.137 e. The predicted octanol–water partition coefficient (Wildman–Crippen LogP) is 5.00. The number of halogens is 3. The molecule has 2 aromatic carbocycles. The van der Waals surface area contributed by atoms with Crippen molar-refractivity contribution in [2.45, 2.75) is 16.3 Å². The van der Waals surface area contributed by atoms with Gasteiger partial charge >= 0.3 is 0 Å². The van der Waals surface area contributed by atoms with Crippen molar-refractivity contribution in [1.82, 2.24) is 5.32 Å². The molecule has 1 nitrogen and oxygen atoms in total. The highest BCUT2D eigenvalue weighted by atomic mass is 35.5. The van der Waals surface area contributed by atoms with Gasteiger partial charge in [-0.1, -0.05) is 41.0 Å². The first kappa shape index (κ1) is 14.7. The summed E-state index contributed by atoms with van der Waals surface area (Å²) in [6, 6.07) is 10.5. The molecule has 5 heteroatoms. The smallest absolute Gasteiger partial charge is 0.137 e. The quantitative estimate of drug-likeness (QED) is 0.851. The van der Waals surface area contributed by atoms with Crippen molar-refractivity contribution in [1.29, 1.82) is 0 Å². The monoisotopic (exact) mass is 315 g/mol. The summed E-state index contributed by atoms with van der Waals surface area (Å²) in [4.78, 5) is 1.42. The molecule has 0 unspecified atom stereocenters. The molecule has 0 radical (unpaired) electrons. The minimum Gasteiger partial charge on any atom is -0.316 e. The summed E-state index contributed by atoms with van der Waals surface area (Å²) in [5.74, 6) is -0.233. The largest absolute Gasteiger partial charge is 0.316 e. The fourth-order valence-corrected chi connectivity index (χ4v) is 2.83. The van der Waals surface area contributed by atoms with Crippen LogP contribution in [-0.2, 0) is 6.54 Å². The molecular formula is C14H12Cl2FNS. The molecule has 1 N–H and O–H groups in total. The van der Waals surface area contributed by atoms with Gasteiger partial charge in [-0.2, -0.15) is 0 Å². The van der Waals surface area contributed by atoms with Crippen molar-refractivity contribution in [3.63, 3.8) is 0 Å². The van der Waals surface area contributed by atoms with E-state index in [1.807, 2.05) is 19.2 Å². The minimum absolute atomic E-state index is 0.233. The zero-order chi connectivity index (χ0) is 13.8. The van der Waals surface area contributed by atoms with Crippen LogP contribution in [0.5, 0.6) is 0 Å². The molecule has 0 bridgehead atoms. The molecule has 0 saturated carbocycles. The topological polar surface area (TPSA) is 12.0 Å². The van der Waals surface area contributed by atoms with E-state index in [0.29, 0.717) is 21.5 Å². The third-order valence-corrected chi connectivity index (χ3v) is 4.28. The molecule has 19 heavy (non-hydrogen) atoms. The highest BCUT2D eigenvalue weighted by Gasteiger charge is 2.07. The van der Waals surface area contributed by atoms with Gasteiger partial charge in [-0.05, 0) is 42.9 Å². The molecule has 0 aliphatic carbocycles. The van der Waals surface area contributed by atoms with Gasteiger partial charge in [-0.25, -0.2) is 4.39 Å². The van der Waals surface area contributed by atoms with Crippen molar-refractivity contribution in [3.8, 4) is 0 Å². The Kier molecular flexibility index (Phi) is 5.11. The molecule has 100 valence electrons. The van der Waals surface area contributed by atoms with Crippen molar-refractivity contribution in [2.75, 3.05) is 7.05 Å². The molecule has 0 fully saturated rings. The van der Waals surface area contributed by atoms with Crippen molar-refractivity contribution < 1.29 is 4.39 Å². The van der Waals surface area contributed by atoms with Crippen LogP contribution in [0.1, 0.15) is 5.56 Å². The van der Waals surface area contributed by atoms with E-state index in [9.17, 15) is 4.39 Å². The lowest BCUT2D eigenvalue weighted by Crippen LogP contribution is -2.05. The molecule has 0 aliphatic rings. The second-order valence-electron chi connectivity index (χ2n) is 3.97. The second-order valence-corrected chi connectivity index (χ2v) is 5.90. The molecule has 0 amide bonds. The van der Waals surface area contributed by atoms with Gasteiger partial charge in [0, 0.05) is 16.3 Å². The average Bonchev–Trinajstić information content (AvgIpc) is 2.37. The lowest BCUT2D eigenvalue weighted by Gasteiger charge is -2.06. The number of benzene rings is 2. The zero-order valence-corrected chi connectivity index (χ0v) is 12.5. The molecule has 0 aromatic heterocycles. The second kappa shape index (κ2) is 6.62. The van der Waals surface area contributed by atoms with E-state index in [0.717, 1.165) is 10.5 Å². The van der Waals surface area contributed by atoms with Crippen LogP contribution >= 0.6 is 35.0 Å².